The number of hydrogen-bond acceptors (Lipinski definition) is 4. The molecule has 1 heterocycles. The maximum absolute atomic E-state index is 6.09. The Kier molecular flexibility index (Phi) is 2.65. The summed E-state index contributed by atoms with van der Waals surface area (Å²) in [6.45, 7) is 0. The van der Waals surface area contributed by atoms with Crippen LogP contribution in [0.15, 0.2) is 34.9 Å². The molecule has 4 heteroatoms. The maximum Gasteiger partial charge on any atom is 0.248 e. The summed E-state index contributed by atoms with van der Waals surface area (Å²) in [7, 11) is 0. The van der Waals surface area contributed by atoms with Gasteiger partial charge in [-0.3, -0.25) is 0 Å². The maximum atomic E-state index is 6.09. The Hall–Kier alpha value is -1.68. The lowest BCUT2D eigenvalue weighted by atomic mass is 9.85. The molecule has 1 fully saturated rings. The Bertz CT molecular complexity index is 490. The molecule has 3 rings (SSSR count). The van der Waals surface area contributed by atoms with E-state index in [0.29, 0.717) is 11.8 Å². The first-order chi connectivity index (χ1) is 8.34. The van der Waals surface area contributed by atoms with E-state index in [1.807, 2.05) is 30.3 Å². The first kappa shape index (κ1) is 10.5. The van der Waals surface area contributed by atoms with Gasteiger partial charge in [0.1, 0.15) is 6.04 Å². The zero-order chi connectivity index (χ0) is 11.7. The molecule has 1 aliphatic rings. The molecule has 0 unspecified atom stereocenters. The standard InChI is InChI=1S/C13H15N3O/c14-11(9-5-2-1-3-6-9)13-15-12(16-17-13)10-7-4-8-10/h1-3,5-6,10-11H,4,7-8,14H2/t11-/m0/s1. The molecule has 1 aliphatic carbocycles. The molecule has 0 spiro atoms. The van der Waals surface area contributed by atoms with Gasteiger partial charge in [-0.05, 0) is 18.4 Å². The van der Waals surface area contributed by atoms with Gasteiger partial charge in [0, 0.05) is 5.92 Å². The van der Waals surface area contributed by atoms with Gasteiger partial charge in [-0.15, -0.1) is 0 Å². The van der Waals surface area contributed by atoms with Crippen LogP contribution in [-0.4, -0.2) is 10.1 Å². The summed E-state index contributed by atoms with van der Waals surface area (Å²) < 4.78 is 5.25. The van der Waals surface area contributed by atoms with Crippen LogP contribution in [0.5, 0.6) is 0 Å². The molecule has 0 aliphatic heterocycles. The molecule has 2 N–H and O–H groups in total. The van der Waals surface area contributed by atoms with Gasteiger partial charge in [0.15, 0.2) is 5.82 Å². The van der Waals surface area contributed by atoms with E-state index < -0.39 is 0 Å². The van der Waals surface area contributed by atoms with Crippen LogP contribution in [0, 0.1) is 0 Å². The molecular formula is C13H15N3O. The first-order valence-corrected chi connectivity index (χ1v) is 5.98. The second-order valence-electron chi connectivity index (χ2n) is 4.51. The number of rotatable bonds is 3. The second-order valence-corrected chi connectivity index (χ2v) is 4.51. The summed E-state index contributed by atoms with van der Waals surface area (Å²) in [6, 6.07) is 9.49. The highest BCUT2D eigenvalue weighted by molar-refractivity contribution is 5.23. The minimum atomic E-state index is -0.322. The average Bonchev–Trinajstić information content (AvgIpc) is 2.76. The van der Waals surface area contributed by atoms with Gasteiger partial charge in [0.05, 0.1) is 0 Å². The second kappa shape index (κ2) is 4.30. The van der Waals surface area contributed by atoms with Gasteiger partial charge in [0.25, 0.3) is 0 Å². The highest BCUT2D eigenvalue weighted by atomic mass is 16.5. The van der Waals surface area contributed by atoms with E-state index in [2.05, 4.69) is 10.1 Å². The van der Waals surface area contributed by atoms with Crippen molar-refractivity contribution < 1.29 is 4.52 Å². The van der Waals surface area contributed by atoms with E-state index in [4.69, 9.17) is 10.3 Å². The third-order valence-corrected chi connectivity index (χ3v) is 3.35. The van der Waals surface area contributed by atoms with E-state index in [0.717, 1.165) is 11.4 Å². The summed E-state index contributed by atoms with van der Waals surface area (Å²) in [5.41, 5.74) is 7.09. The average molecular weight is 229 g/mol. The van der Waals surface area contributed by atoms with Crippen molar-refractivity contribution in [3.8, 4) is 0 Å². The van der Waals surface area contributed by atoms with Crippen LogP contribution in [0.4, 0.5) is 0 Å². The number of benzene rings is 1. The Morgan fingerprint density at radius 1 is 1.24 bits per heavy atom. The smallest absolute Gasteiger partial charge is 0.248 e. The molecule has 0 bridgehead atoms. The Morgan fingerprint density at radius 3 is 2.65 bits per heavy atom. The van der Waals surface area contributed by atoms with Crippen molar-refractivity contribution in [2.45, 2.75) is 31.2 Å². The quantitative estimate of drug-likeness (QED) is 0.877. The summed E-state index contributed by atoms with van der Waals surface area (Å²) in [5, 5.41) is 4.02. The highest BCUT2D eigenvalue weighted by Crippen LogP contribution is 2.35. The van der Waals surface area contributed by atoms with E-state index >= 15 is 0 Å². The van der Waals surface area contributed by atoms with Gasteiger partial charge in [-0.2, -0.15) is 4.98 Å². The minimum absolute atomic E-state index is 0.322. The molecule has 88 valence electrons. The molecule has 2 aromatic rings. The molecule has 4 nitrogen and oxygen atoms in total. The van der Waals surface area contributed by atoms with Crippen molar-refractivity contribution in [1.82, 2.24) is 10.1 Å². The highest BCUT2D eigenvalue weighted by Gasteiger charge is 2.26. The van der Waals surface area contributed by atoms with E-state index in [1.54, 1.807) is 0 Å². The molecule has 17 heavy (non-hydrogen) atoms. The third-order valence-electron chi connectivity index (χ3n) is 3.35. The molecule has 0 radical (unpaired) electrons. The summed E-state index contributed by atoms with van der Waals surface area (Å²) >= 11 is 0. The predicted octanol–water partition coefficient (Wildman–Crippen LogP) is 2.39. The van der Waals surface area contributed by atoms with Crippen LogP contribution >= 0.6 is 0 Å². The summed E-state index contributed by atoms with van der Waals surface area (Å²) in [4.78, 5) is 4.41. The predicted molar refractivity (Wildman–Crippen MR) is 63.4 cm³/mol. The van der Waals surface area contributed by atoms with Crippen LogP contribution in [0.25, 0.3) is 0 Å². The van der Waals surface area contributed by atoms with Crippen molar-refractivity contribution in [3.05, 3.63) is 47.6 Å². The van der Waals surface area contributed by atoms with Gasteiger partial charge in [-0.25, -0.2) is 0 Å². The molecule has 0 saturated heterocycles. The van der Waals surface area contributed by atoms with Crippen LogP contribution < -0.4 is 5.73 Å². The fourth-order valence-electron chi connectivity index (χ4n) is 2.01. The van der Waals surface area contributed by atoms with Gasteiger partial charge in [0.2, 0.25) is 5.89 Å². The number of hydrogen-bond donors (Lipinski definition) is 1. The van der Waals surface area contributed by atoms with Crippen molar-refractivity contribution in [2.24, 2.45) is 5.73 Å². The Balaban J connectivity index is 1.81. The van der Waals surface area contributed by atoms with Crippen LogP contribution in [0.1, 0.15) is 48.5 Å². The lowest BCUT2D eigenvalue weighted by Crippen LogP contribution is -2.13. The van der Waals surface area contributed by atoms with Gasteiger partial charge in [-0.1, -0.05) is 41.9 Å². The molecule has 1 aromatic carbocycles. The van der Waals surface area contributed by atoms with E-state index in [9.17, 15) is 0 Å². The number of nitrogens with zero attached hydrogens (tertiary/aromatic N) is 2. The normalized spacial score (nSPS) is 17.7. The van der Waals surface area contributed by atoms with E-state index in [-0.39, 0.29) is 6.04 Å². The summed E-state index contributed by atoms with van der Waals surface area (Å²) in [5.74, 6) is 1.81. The van der Waals surface area contributed by atoms with Crippen LogP contribution in [-0.2, 0) is 0 Å². The van der Waals surface area contributed by atoms with Crippen LogP contribution in [0.2, 0.25) is 0 Å². The molecule has 1 saturated carbocycles. The summed E-state index contributed by atoms with van der Waals surface area (Å²) in [6.07, 6.45) is 3.60. The van der Waals surface area contributed by atoms with Crippen LogP contribution in [0.3, 0.4) is 0 Å². The monoisotopic (exact) mass is 229 g/mol. The fourth-order valence-corrected chi connectivity index (χ4v) is 2.01. The van der Waals surface area contributed by atoms with Gasteiger partial charge >= 0.3 is 0 Å². The zero-order valence-corrected chi connectivity index (χ0v) is 9.54. The minimum Gasteiger partial charge on any atom is -0.337 e. The largest absolute Gasteiger partial charge is 0.337 e. The Morgan fingerprint density at radius 2 is 2.00 bits per heavy atom. The first-order valence-electron chi connectivity index (χ1n) is 5.98. The third kappa shape index (κ3) is 1.96. The van der Waals surface area contributed by atoms with Crippen molar-refractivity contribution >= 4 is 0 Å². The van der Waals surface area contributed by atoms with Crippen molar-refractivity contribution in [3.63, 3.8) is 0 Å². The zero-order valence-electron chi connectivity index (χ0n) is 9.54. The van der Waals surface area contributed by atoms with Gasteiger partial charge < -0.3 is 10.3 Å². The van der Waals surface area contributed by atoms with Crippen molar-refractivity contribution in [2.75, 3.05) is 0 Å². The topological polar surface area (TPSA) is 64.9 Å². The van der Waals surface area contributed by atoms with Crippen molar-refractivity contribution in [1.29, 1.82) is 0 Å². The molecule has 1 aromatic heterocycles. The molecular weight excluding hydrogens is 214 g/mol. The SMILES string of the molecule is N[C@@H](c1ccccc1)c1nc(C2CCC2)no1. The fraction of sp³-hybridized carbons (Fsp3) is 0.385. The molecule has 1 atom stereocenters. The lowest BCUT2D eigenvalue weighted by molar-refractivity contribution is 0.341. The Labute approximate surface area is 99.8 Å². The number of aromatic nitrogens is 2. The number of nitrogens with two attached hydrogens (primary N) is 1. The molecule has 0 amide bonds. The lowest BCUT2D eigenvalue weighted by Gasteiger charge is -2.21. The van der Waals surface area contributed by atoms with E-state index in [1.165, 1.54) is 19.3 Å².